The fourth-order valence-electron chi connectivity index (χ4n) is 6.22. The summed E-state index contributed by atoms with van der Waals surface area (Å²) in [5, 5.41) is 0. The Hall–Kier alpha value is -1.91. The lowest BCUT2D eigenvalue weighted by atomic mass is 9.63. The zero-order valence-corrected chi connectivity index (χ0v) is 19.3. The van der Waals surface area contributed by atoms with Gasteiger partial charge in [0.1, 0.15) is 11.6 Å². The minimum Gasteiger partial charge on any atom is -0.206 e. The first-order valence-corrected chi connectivity index (χ1v) is 12.5. The quantitative estimate of drug-likeness (QED) is 0.218. The van der Waals surface area contributed by atoms with Gasteiger partial charge in [-0.3, -0.25) is 0 Å². The van der Waals surface area contributed by atoms with Gasteiger partial charge in [0, 0.05) is 0 Å². The van der Waals surface area contributed by atoms with Crippen LogP contribution in [-0.4, -0.2) is 0 Å². The topological polar surface area (TPSA) is 0 Å². The van der Waals surface area contributed by atoms with Crippen LogP contribution in [0.2, 0.25) is 0 Å². The number of rotatable bonds is 7. The zero-order chi connectivity index (χ0) is 23.5. The summed E-state index contributed by atoms with van der Waals surface area (Å²) in [5.41, 5.74) is -0.250. The van der Waals surface area contributed by atoms with Gasteiger partial charge >= 0.3 is 0 Å². The van der Waals surface area contributed by atoms with E-state index in [0.29, 0.717) is 29.5 Å². The Morgan fingerprint density at radius 1 is 0.697 bits per heavy atom. The maximum absolute atomic E-state index is 14.9. The summed E-state index contributed by atoms with van der Waals surface area (Å²) in [4.78, 5) is 0. The van der Waals surface area contributed by atoms with Crippen LogP contribution in [0, 0.1) is 46.8 Å². The molecule has 4 rings (SSSR count). The molecule has 5 heteroatoms. The lowest BCUT2D eigenvalue weighted by Crippen LogP contribution is -2.30. The van der Waals surface area contributed by atoms with Crippen LogP contribution >= 0.6 is 0 Å². The van der Waals surface area contributed by atoms with Gasteiger partial charge in [-0.2, -0.15) is 0 Å². The highest BCUT2D eigenvalue weighted by atomic mass is 19.2. The molecule has 0 amide bonds. The third-order valence-corrected chi connectivity index (χ3v) is 8.00. The van der Waals surface area contributed by atoms with Gasteiger partial charge in [0.25, 0.3) is 0 Å². The highest BCUT2D eigenvalue weighted by Crippen LogP contribution is 2.49. The van der Waals surface area contributed by atoms with Crippen molar-refractivity contribution in [2.75, 3.05) is 0 Å². The molecular formula is C28H33F5. The molecule has 180 valence electrons. The first-order chi connectivity index (χ1) is 15.9. The zero-order valence-electron chi connectivity index (χ0n) is 19.3. The fourth-order valence-corrected chi connectivity index (χ4v) is 6.22. The molecule has 2 aromatic rings. The molecule has 4 atom stereocenters. The van der Waals surface area contributed by atoms with Crippen LogP contribution in [-0.2, 0) is 0 Å². The molecule has 0 heterocycles. The summed E-state index contributed by atoms with van der Waals surface area (Å²) in [6.07, 6.45) is 13.2. The van der Waals surface area contributed by atoms with E-state index >= 15 is 0 Å². The van der Waals surface area contributed by atoms with E-state index in [1.54, 1.807) is 0 Å². The molecule has 0 aliphatic heterocycles. The van der Waals surface area contributed by atoms with Gasteiger partial charge in [0.15, 0.2) is 17.5 Å². The van der Waals surface area contributed by atoms with Crippen LogP contribution in [0.3, 0.4) is 0 Å². The van der Waals surface area contributed by atoms with E-state index in [4.69, 9.17) is 0 Å². The minimum absolute atomic E-state index is 0.0899. The number of benzene rings is 2. The summed E-state index contributed by atoms with van der Waals surface area (Å²) < 4.78 is 70.2. The van der Waals surface area contributed by atoms with E-state index in [2.05, 4.69) is 6.92 Å². The third-order valence-electron chi connectivity index (χ3n) is 8.00. The molecule has 0 spiro atoms. The molecule has 0 N–H and O–H groups in total. The molecule has 0 saturated heterocycles. The van der Waals surface area contributed by atoms with Crippen LogP contribution in [0.1, 0.15) is 89.0 Å². The molecule has 0 nitrogen and oxygen atoms in total. The van der Waals surface area contributed by atoms with Crippen molar-refractivity contribution in [3.05, 3.63) is 58.9 Å². The van der Waals surface area contributed by atoms with E-state index in [1.807, 2.05) is 0 Å². The molecule has 0 bridgehead atoms. The van der Waals surface area contributed by atoms with Gasteiger partial charge in [-0.05, 0) is 91.2 Å². The maximum atomic E-state index is 14.9. The lowest BCUT2D eigenvalue weighted by Gasteiger charge is -2.42. The van der Waals surface area contributed by atoms with Gasteiger partial charge in [-0.15, -0.1) is 0 Å². The third kappa shape index (κ3) is 5.44. The normalized spacial score (nSPS) is 25.2. The second-order valence-electron chi connectivity index (χ2n) is 10.2. The van der Waals surface area contributed by atoms with Crippen molar-refractivity contribution >= 4 is 0 Å². The lowest BCUT2D eigenvalue weighted by molar-refractivity contribution is 0.113. The van der Waals surface area contributed by atoms with E-state index in [1.165, 1.54) is 63.5 Å². The van der Waals surface area contributed by atoms with E-state index in [9.17, 15) is 22.0 Å². The van der Waals surface area contributed by atoms with Crippen molar-refractivity contribution < 1.29 is 22.0 Å². The average Bonchev–Trinajstić information content (AvgIpc) is 2.79. The van der Waals surface area contributed by atoms with Crippen LogP contribution in [0.25, 0.3) is 11.1 Å². The van der Waals surface area contributed by atoms with Gasteiger partial charge in [-0.1, -0.05) is 45.4 Å². The van der Waals surface area contributed by atoms with Crippen LogP contribution in [0.5, 0.6) is 0 Å². The number of halogens is 5. The Morgan fingerprint density at radius 3 is 2.00 bits per heavy atom. The average molecular weight is 465 g/mol. The van der Waals surface area contributed by atoms with E-state index < -0.39 is 34.6 Å². The molecule has 2 fully saturated rings. The largest absolute Gasteiger partial charge is 0.206 e. The van der Waals surface area contributed by atoms with Gasteiger partial charge in [0.05, 0.1) is 5.56 Å². The standard InChI is InChI=1S/C28H33F5/c1-2-3-4-5-6-17-7-8-19-12-20(10-9-18(19)11-17)21-13-23(29)27(24(30)14-21)22-15-25(31)28(33)26(32)16-22/h13-20H,2-12H2,1H3. The van der Waals surface area contributed by atoms with Crippen molar-refractivity contribution in [3.63, 3.8) is 0 Å². The molecule has 0 aromatic heterocycles. The second kappa shape index (κ2) is 10.6. The van der Waals surface area contributed by atoms with Gasteiger partial charge in [-0.25, -0.2) is 22.0 Å². The fraction of sp³-hybridized carbons (Fsp3) is 0.571. The van der Waals surface area contributed by atoms with Gasteiger partial charge in [0.2, 0.25) is 0 Å². The number of hydrogen-bond acceptors (Lipinski definition) is 0. The molecular weight excluding hydrogens is 431 g/mol. The minimum atomic E-state index is -1.65. The summed E-state index contributed by atoms with van der Waals surface area (Å²) in [7, 11) is 0. The molecule has 2 aliphatic rings. The first-order valence-electron chi connectivity index (χ1n) is 12.5. The van der Waals surface area contributed by atoms with Crippen molar-refractivity contribution in [2.45, 2.75) is 83.5 Å². The first kappa shape index (κ1) is 24.2. The Labute approximate surface area is 193 Å². The monoisotopic (exact) mass is 464 g/mol. The number of fused-ring (bicyclic) bond motifs is 1. The molecule has 2 aliphatic carbocycles. The predicted molar refractivity (Wildman–Crippen MR) is 121 cm³/mol. The maximum Gasteiger partial charge on any atom is 0.194 e. The van der Waals surface area contributed by atoms with E-state index in [0.717, 1.165) is 25.2 Å². The Kier molecular flexibility index (Phi) is 7.76. The molecule has 33 heavy (non-hydrogen) atoms. The molecule has 0 radical (unpaired) electrons. The van der Waals surface area contributed by atoms with Crippen molar-refractivity contribution in [1.82, 2.24) is 0 Å². The molecule has 2 saturated carbocycles. The summed E-state index contributed by atoms with van der Waals surface area (Å²) in [6.45, 7) is 2.23. The SMILES string of the molecule is CCCCCCC1CCC2CC(c3cc(F)c(-c4cc(F)c(F)c(F)c4)c(F)c3)CCC2C1. The van der Waals surface area contributed by atoms with Crippen LogP contribution in [0.4, 0.5) is 22.0 Å². The number of unbranched alkanes of at least 4 members (excludes halogenated alkanes) is 3. The van der Waals surface area contributed by atoms with Gasteiger partial charge < -0.3 is 0 Å². The molecule has 4 unspecified atom stereocenters. The van der Waals surface area contributed by atoms with Crippen LogP contribution < -0.4 is 0 Å². The highest BCUT2D eigenvalue weighted by Gasteiger charge is 2.36. The predicted octanol–water partition coefficient (Wildman–Crippen LogP) is 9.32. The summed E-state index contributed by atoms with van der Waals surface area (Å²) in [5.74, 6) is -4.09. The van der Waals surface area contributed by atoms with Crippen LogP contribution in [0.15, 0.2) is 24.3 Å². The summed E-state index contributed by atoms with van der Waals surface area (Å²) >= 11 is 0. The van der Waals surface area contributed by atoms with Crippen molar-refractivity contribution in [3.8, 4) is 11.1 Å². The Balaban J connectivity index is 1.43. The van der Waals surface area contributed by atoms with Crippen molar-refractivity contribution in [2.24, 2.45) is 17.8 Å². The summed E-state index contributed by atoms with van der Waals surface area (Å²) in [6, 6.07) is 3.85. The smallest absolute Gasteiger partial charge is 0.194 e. The molecule has 2 aromatic carbocycles. The Bertz CT molecular complexity index is 923. The van der Waals surface area contributed by atoms with Crippen molar-refractivity contribution in [1.29, 1.82) is 0 Å². The highest BCUT2D eigenvalue weighted by molar-refractivity contribution is 5.65. The second-order valence-corrected chi connectivity index (χ2v) is 10.2. The number of hydrogen-bond donors (Lipinski definition) is 0. The van der Waals surface area contributed by atoms with E-state index in [-0.39, 0.29) is 11.5 Å². The Morgan fingerprint density at radius 2 is 1.33 bits per heavy atom.